The first-order valence-electron chi connectivity index (χ1n) is 9.49. The lowest BCUT2D eigenvalue weighted by Gasteiger charge is -2.32. The van der Waals surface area contributed by atoms with Crippen molar-refractivity contribution in [2.24, 2.45) is 4.99 Å². The van der Waals surface area contributed by atoms with Gasteiger partial charge >= 0.3 is 0 Å². The summed E-state index contributed by atoms with van der Waals surface area (Å²) < 4.78 is 30.5. The zero-order valence-electron chi connectivity index (χ0n) is 16.1. The molecule has 1 amide bonds. The number of rotatable bonds is 4. The molecule has 1 aromatic rings. The van der Waals surface area contributed by atoms with Crippen LogP contribution in [0.25, 0.3) is 0 Å². The molecule has 0 atom stereocenters. The molecule has 158 valence electrons. The Morgan fingerprint density at radius 1 is 1.30 bits per heavy atom. The van der Waals surface area contributed by atoms with E-state index < -0.39 is 15.7 Å². The third kappa shape index (κ3) is 3.94. The van der Waals surface area contributed by atoms with Crippen molar-refractivity contribution in [2.45, 2.75) is 4.90 Å². The molecule has 0 radical (unpaired) electrons. The number of hydrogen-bond acceptors (Lipinski definition) is 9. The third-order valence-corrected chi connectivity index (χ3v) is 6.72. The minimum atomic E-state index is -3.40. The van der Waals surface area contributed by atoms with Gasteiger partial charge in [0.1, 0.15) is 5.82 Å². The van der Waals surface area contributed by atoms with Gasteiger partial charge in [-0.05, 0) is 18.2 Å². The van der Waals surface area contributed by atoms with Crippen molar-refractivity contribution in [1.29, 1.82) is 5.41 Å². The molecule has 0 aliphatic carbocycles. The monoisotopic (exact) mass is 430 g/mol. The van der Waals surface area contributed by atoms with Gasteiger partial charge in [0, 0.05) is 38.3 Å². The van der Waals surface area contributed by atoms with E-state index in [9.17, 15) is 13.2 Å². The second kappa shape index (κ2) is 8.28. The van der Waals surface area contributed by atoms with Crippen molar-refractivity contribution >= 4 is 45.2 Å². The fourth-order valence-electron chi connectivity index (χ4n) is 3.46. The van der Waals surface area contributed by atoms with Crippen LogP contribution in [-0.2, 0) is 19.4 Å². The number of carbonyl (C=O) groups is 1. The van der Waals surface area contributed by atoms with E-state index in [1.54, 1.807) is 24.4 Å². The van der Waals surface area contributed by atoms with E-state index in [0.29, 0.717) is 49.9 Å². The number of anilines is 3. The Bertz CT molecular complexity index is 1070. The zero-order valence-corrected chi connectivity index (χ0v) is 17.0. The van der Waals surface area contributed by atoms with E-state index in [-0.39, 0.29) is 22.0 Å². The van der Waals surface area contributed by atoms with Gasteiger partial charge < -0.3 is 31.0 Å². The molecule has 0 saturated carbocycles. The summed E-state index contributed by atoms with van der Waals surface area (Å²) in [6.45, 7) is 2.47. The van der Waals surface area contributed by atoms with E-state index in [2.05, 4.69) is 20.9 Å². The van der Waals surface area contributed by atoms with E-state index in [1.807, 2.05) is 4.90 Å². The van der Waals surface area contributed by atoms with E-state index >= 15 is 0 Å². The number of fused-ring (bicyclic) bond motifs is 1. The first kappa shape index (κ1) is 20.1. The molecular formula is C19H22N6O4S. The smallest absolute Gasteiger partial charge is 0.261 e. The minimum Gasteiger partial charge on any atom is -0.383 e. The van der Waals surface area contributed by atoms with Gasteiger partial charge in [-0.2, -0.15) is 0 Å². The molecule has 10 nitrogen and oxygen atoms in total. The standard InChI is InChI=1S/C19H22N6O4S/c20-12-13(18-22-2-1-3-23-18)19(26)24-14-10-15-17(30(27,28)9-4-21-15)11-16(14)25-5-7-29-8-6-25/h1-3,10-12,20-22H,4-9H2,(H,24,26)/b18-13-,20-12?. The average Bonchev–Trinajstić information content (AvgIpc) is 2.75. The van der Waals surface area contributed by atoms with Gasteiger partial charge in [0.25, 0.3) is 5.91 Å². The predicted molar refractivity (Wildman–Crippen MR) is 115 cm³/mol. The van der Waals surface area contributed by atoms with Gasteiger partial charge in [0.15, 0.2) is 9.84 Å². The first-order valence-corrected chi connectivity index (χ1v) is 11.1. The van der Waals surface area contributed by atoms with Gasteiger partial charge in [-0.1, -0.05) is 0 Å². The largest absolute Gasteiger partial charge is 0.383 e. The second-order valence-corrected chi connectivity index (χ2v) is 8.93. The zero-order chi connectivity index (χ0) is 21.1. The maximum Gasteiger partial charge on any atom is 0.261 e. The molecule has 11 heteroatoms. The summed E-state index contributed by atoms with van der Waals surface area (Å²) in [5.41, 5.74) is 1.57. The van der Waals surface area contributed by atoms with Crippen molar-refractivity contribution in [1.82, 2.24) is 5.32 Å². The van der Waals surface area contributed by atoms with E-state index in [4.69, 9.17) is 10.1 Å². The summed E-state index contributed by atoms with van der Waals surface area (Å²) in [5, 5.41) is 16.4. The SMILES string of the molecule is N=C/C(C(=O)Nc1cc2c(cc1N1CCOCC1)S(=O)(=O)CCN2)=C1/N=CC=CN1. The highest BCUT2D eigenvalue weighted by Crippen LogP contribution is 2.37. The molecule has 4 rings (SSSR count). The molecule has 1 fully saturated rings. The third-order valence-electron chi connectivity index (χ3n) is 4.97. The molecule has 3 aliphatic heterocycles. The Morgan fingerprint density at radius 2 is 2.10 bits per heavy atom. The number of nitrogens with zero attached hydrogens (tertiary/aromatic N) is 2. The first-order chi connectivity index (χ1) is 14.5. The predicted octanol–water partition coefficient (Wildman–Crippen LogP) is 0.710. The Hall–Kier alpha value is -3.18. The molecule has 0 aromatic heterocycles. The maximum atomic E-state index is 12.9. The number of hydrogen-bond donors (Lipinski definition) is 4. The van der Waals surface area contributed by atoms with Gasteiger partial charge in [-0.3, -0.25) is 4.79 Å². The van der Waals surface area contributed by atoms with Crippen LogP contribution in [0.15, 0.2) is 45.7 Å². The van der Waals surface area contributed by atoms with Crippen molar-refractivity contribution < 1.29 is 17.9 Å². The number of ether oxygens (including phenoxy) is 1. The van der Waals surface area contributed by atoms with Crippen molar-refractivity contribution in [3.8, 4) is 0 Å². The number of morpholine rings is 1. The number of nitrogens with one attached hydrogen (secondary N) is 4. The van der Waals surface area contributed by atoms with Crippen LogP contribution < -0.4 is 20.9 Å². The van der Waals surface area contributed by atoms with Crippen LogP contribution in [0.2, 0.25) is 0 Å². The molecule has 0 bridgehead atoms. The number of aliphatic imine (C=N–C) groups is 1. The summed E-state index contributed by atoms with van der Waals surface area (Å²) in [7, 11) is -3.40. The maximum absolute atomic E-state index is 12.9. The van der Waals surface area contributed by atoms with Crippen LogP contribution in [-0.4, -0.2) is 65.4 Å². The summed E-state index contributed by atoms with van der Waals surface area (Å²) in [6.07, 6.45) is 5.75. The minimum absolute atomic E-state index is 0.0233. The van der Waals surface area contributed by atoms with Crippen molar-refractivity contribution in [3.63, 3.8) is 0 Å². The molecule has 4 N–H and O–H groups in total. The number of amides is 1. The lowest BCUT2D eigenvalue weighted by atomic mass is 10.1. The van der Waals surface area contributed by atoms with Crippen molar-refractivity contribution in [3.05, 3.63) is 35.8 Å². The summed E-state index contributed by atoms with van der Waals surface area (Å²) in [4.78, 5) is 19.2. The average molecular weight is 430 g/mol. The normalized spacial score (nSPS) is 21.1. The Balaban J connectivity index is 1.74. The van der Waals surface area contributed by atoms with E-state index in [1.165, 1.54) is 6.21 Å². The van der Waals surface area contributed by atoms with Crippen LogP contribution in [0.1, 0.15) is 0 Å². The number of carbonyl (C=O) groups excluding carboxylic acids is 1. The highest BCUT2D eigenvalue weighted by Gasteiger charge is 2.28. The molecule has 1 saturated heterocycles. The summed E-state index contributed by atoms with van der Waals surface area (Å²) in [5.74, 6) is -0.236. The Kier molecular flexibility index (Phi) is 5.55. The summed E-state index contributed by atoms with van der Waals surface area (Å²) >= 11 is 0. The summed E-state index contributed by atoms with van der Waals surface area (Å²) in [6, 6.07) is 3.24. The quantitative estimate of drug-likeness (QED) is 0.408. The molecule has 0 spiro atoms. The fourth-order valence-corrected chi connectivity index (χ4v) is 4.81. The Morgan fingerprint density at radius 3 is 2.80 bits per heavy atom. The molecule has 30 heavy (non-hydrogen) atoms. The number of sulfone groups is 1. The molecule has 3 heterocycles. The van der Waals surface area contributed by atoms with Crippen LogP contribution in [0, 0.1) is 5.41 Å². The number of benzene rings is 1. The van der Waals surface area contributed by atoms with Crippen LogP contribution in [0.5, 0.6) is 0 Å². The second-order valence-electron chi connectivity index (χ2n) is 6.85. The van der Waals surface area contributed by atoms with Gasteiger partial charge in [0.2, 0.25) is 0 Å². The highest BCUT2D eigenvalue weighted by atomic mass is 32.2. The van der Waals surface area contributed by atoms with Crippen molar-refractivity contribution in [2.75, 3.05) is 54.1 Å². The lowest BCUT2D eigenvalue weighted by molar-refractivity contribution is -0.112. The van der Waals surface area contributed by atoms with Crippen LogP contribution in [0.4, 0.5) is 17.1 Å². The van der Waals surface area contributed by atoms with Gasteiger partial charge in [0.05, 0.1) is 46.5 Å². The number of allylic oxidation sites excluding steroid dienone is 1. The molecular weight excluding hydrogens is 408 g/mol. The lowest BCUT2D eigenvalue weighted by Crippen LogP contribution is -2.37. The topological polar surface area (TPSA) is 136 Å². The molecule has 0 unspecified atom stereocenters. The van der Waals surface area contributed by atoms with Gasteiger partial charge in [-0.25, -0.2) is 13.4 Å². The highest BCUT2D eigenvalue weighted by molar-refractivity contribution is 7.91. The Labute approximate surface area is 174 Å². The fraction of sp³-hybridized carbons (Fsp3) is 0.316. The van der Waals surface area contributed by atoms with Gasteiger partial charge in [-0.15, -0.1) is 0 Å². The van der Waals surface area contributed by atoms with Crippen LogP contribution >= 0.6 is 0 Å². The molecule has 1 aromatic carbocycles. The van der Waals surface area contributed by atoms with Crippen LogP contribution in [0.3, 0.4) is 0 Å². The molecule has 3 aliphatic rings. The van der Waals surface area contributed by atoms with E-state index in [0.717, 1.165) is 6.21 Å².